The molecule has 1 aliphatic heterocycles. The maximum absolute atomic E-state index is 12.2. The van der Waals surface area contributed by atoms with E-state index < -0.39 is 10.0 Å². The molecule has 1 aliphatic rings. The van der Waals surface area contributed by atoms with Gasteiger partial charge < -0.3 is 15.3 Å². The van der Waals surface area contributed by atoms with Crippen molar-refractivity contribution < 1.29 is 8.42 Å². The predicted octanol–water partition coefficient (Wildman–Crippen LogP) is -0.504. The number of aromatic nitrogens is 2. The third kappa shape index (κ3) is 2.42. The summed E-state index contributed by atoms with van der Waals surface area (Å²) >= 11 is 0. The number of hydrogen-bond donors (Lipinski definition) is 4. The first kappa shape index (κ1) is 12.4. The van der Waals surface area contributed by atoms with Crippen LogP contribution in [0.5, 0.6) is 0 Å². The monoisotopic (exact) mass is 282 g/mol. The van der Waals surface area contributed by atoms with Crippen LogP contribution in [-0.2, 0) is 10.0 Å². The van der Waals surface area contributed by atoms with Crippen LogP contribution < -0.4 is 15.7 Å². The fourth-order valence-corrected chi connectivity index (χ4v) is 3.52. The largest absolute Gasteiger partial charge is 0.323 e. The highest BCUT2D eigenvalue weighted by Gasteiger charge is 2.22. The van der Waals surface area contributed by atoms with Crippen molar-refractivity contribution in [2.24, 2.45) is 0 Å². The van der Waals surface area contributed by atoms with Crippen molar-refractivity contribution in [2.45, 2.75) is 17.4 Å². The molecule has 102 valence electrons. The lowest BCUT2D eigenvalue weighted by atomic mass is 10.3. The molecule has 2 aromatic rings. The second kappa shape index (κ2) is 4.48. The third-order valence-corrected chi connectivity index (χ3v) is 4.70. The zero-order chi connectivity index (χ0) is 13.5. The summed E-state index contributed by atoms with van der Waals surface area (Å²) in [5.41, 5.74) is 0.724. The Hall–Kier alpha value is -1.64. The molecular formula is C11H14N4O3S. The number of imidazole rings is 1. The second-order valence-corrected chi connectivity index (χ2v) is 6.31. The van der Waals surface area contributed by atoms with Crippen LogP contribution in [0.4, 0.5) is 0 Å². The first-order valence-corrected chi connectivity index (χ1v) is 7.48. The Morgan fingerprint density at radius 3 is 2.74 bits per heavy atom. The fraction of sp³-hybridized carbons (Fsp3) is 0.364. The Morgan fingerprint density at radius 2 is 2.00 bits per heavy atom. The van der Waals surface area contributed by atoms with E-state index in [1.54, 1.807) is 6.07 Å². The van der Waals surface area contributed by atoms with E-state index in [9.17, 15) is 13.2 Å². The summed E-state index contributed by atoms with van der Waals surface area (Å²) in [5.74, 6) is 0. The Balaban J connectivity index is 1.95. The quantitative estimate of drug-likeness (QED) is 0.608. The molecular weight excluding hydrogens is 268 g/mol. The number of benzene rings is 1. The molecule has 1 unspecified atom stereocenters. The molecule has 3 rings (SSSR count). The van der Waals surface area contributed by atoms with E-state index >= 15 is 0 Å². The lowest BCUT2D eigenvalue weighted by Gasteiger charge is -2.11. The van der Waals surface area contributed by atoms with Crippen molar-refractivity contribution in [1.29, 1.82) is 0 Å². The zero-order valence-corrected chi connectivity index (χ0v) is 10.9. The molecule has 19 heavy (non-hydrogen) atoms. The zero-order valence-electron chi connectivity index (χ0n) is 10.1. The minimum Gasteiger partial charge on any atom is -0.315 e. The predicted molar refractivity (Wildman–Crippen MR) is 70.5 cm³/mol. The average Bonchev–Trinajstić information content (AvgIpc) is 2.95. The van der Waals surface area contributed by atoms with Crippen LogP contribution in [0.3, 0.4) is 0 Å². The SMILES string of the molecule is O=c1[nH]c2ccc(S(=O)(=O)NC3CCNC3)cc2[nH]1. The van der Waals surface area contributed by atoms with E-state index in [4.69, 9.17) is 0 Å². The minimum absolute atomic E-state index is 0.0778. The minimum atomic E-state index is -3.55. The average molecular weight is 282 g/mol. The van der Waals surface area contributed by atoms with E-state index in [2.05, 4.69) is 20.0 Å². The molecule has 1 aromatic carbocycles. The topological polar surface area (TPSA) is 107 Å². The van der Waals surface area contributed by atoms with Crippen molar-refractivity contribution in [3.8, 4) is 0 Å². The molecule has 0 spiro atoms. The Bertz CT molecular complexity index is 756. The standard InChI is InChI=1S/C11H14N4O3S/c16-11-13-9-2-1-8(5-10(9)14-11)19(17,18)15-7-3-4-12-6-7/h1-2,5,7,12,15H,3-4,6H2,(H2,13,14,16). The normalized spacial score (nSPS) is 20.1. The number of H-pyrrole nitrogens is 2. The summed E-state index contributed by atoms with van der Waals surface area (Å²) in [7, 11) is -3.55. The van der Waals surface area contributed by atoms with E-state index in [1.807, 2.05) is 0 Å². The maximum Gasteiger partial charge on any atom is 0.323 e. The van der Waals surface area contributed by atoms with E-state index in [0.29, 0.717) is 17.6 Å². The van der Waals surface area contributed by atoms with Gasteiger partial charge in [-0.15, -0.1) is 0 Å². The first-order chi connectivity index (χ1) is 9.04. The van der Waals surface area contributed by atoms with E-state index in [0.717, 1.165) is 13.0 Å². The van der Waals surface area contributed by atoms with E-state index in [1.165, 1.54) is 12.1 Å². The number of fused-ring (bicyclic) bond motifs is 1. The van der Waals surface area contributed by atoms with Gasteiger partial charge in [0.1, 0.15) is 0 Å². The number of sulfonamides is 1. The van der Waals surface area contributed by atoms with Crippen LogP contribution in [0.15, 0.2) is 27.9 Å². The van der Waals surface area contributed by atoms with Crippen molar-refractivity contribution in [2.75, 3.05) is 13.1 Å². The van der Waals surface area contributed by atoms with Crippen LogP contribution in [-0.4, -0.2) is 37.5 Å². The smallest absolute Gasteiger partial charge is 0.315 e. The van der Waals surface area contributed by atoms with Crippen molar-refractivity contribution in [1.82, 2.24) is 20.0 Å². The van der Waals surface area contributed by atoms with Crippen LogP contribution >= 0.6 is 0 Å². The molecule has 0 bridgehead atoms. The summed E-state index contributed by atoms with van der Waals surface area (Å²) in [6, 6.07) is 4.44. The third-order valence-electron chi connectivity index (χ3n) is 3.18. The van der Waals surface area contributed by atoms with Crippen LogP contribution in [0.25, 0.3) is 11.0 Å². The Morgan fingerprint density at radius 1 is 1.21 bits per heavy atom. The fourth-order valence-electron chi connectivity index (χ4n) is 2.22. The lowest BCUT2D eigenvalue weighted by molar-refractivity contribution is 0.560. The van der Waals surface area contributed by atoms with Gasteiger partial charge in [0.15, 0.2) is 0 Å². The molecule has 0 radical (unpaired) electrons. The molecule has 1 fully saturated rings. The first-order valence-electron chi connectivity index (χ1n) is 6.00. The van der Waals surface area contributed by atoms with Crippen LogP contribution in [0, 0.1) is 0 Å². The Labute approximate surface area is 109 Å². The molecule has 2 heterocycles. The van der Waals surface area contributed by atoms with Gasteiger partial charge in [0.05, 0.1) is 15.9 Å². The molecule has 1 saturated heterocycles. The summed E-state index contributed by atoms with van der Waals surface area (Å²) in [6.07, 6.45) is 0.780. The van der Waals surface area contributed by atoms with Gasteiger partial charge in [0.25, 0.3) is 0 Å². The highest BCUT2D eigenvalue weighted by atomic mass is 32.2. The van der Waals surface area contributed by atoms with Gasteiger partial charge in [-0.3, -0.25) is 0 Å². The molecule has 1 aromatic heterocycles. The van der Waals surface area contributed by atoms with Gasteiger partial charge in [-0.2, -0.15) is 0 Å². The summed E-state index contributed by atoms with van der Waals surface area (Å²) in [5, 5.41) is 3.10. The molecule has 0 aliphatic carbocycles. The van der Waals surface area contributed by atoms with Gasteiger partial charge >= 0.3 is 5.69 Å². The van der Waals surface area contributed by atoms with Gasteiger partial charge in [-0.25, -0.2) is 17.9 Å². The number of hydrogen-bond acceptors (Lipinski definition) is 4. The molecule has 1 atom stereocenters. The Kier molecular flexibility index (Phi) is 2.92. The summed E-state index contributed by atoms with van der Waals surface area (Å²) < 4.78 is 27.0. The molecule has 0 saturated carbocycles. The highest BCUT2D eigenvalue weighted by molar-refractivity contribution is 7.89. The van der Waals surface area contributed by atoms with Gasteiger partial charge in [0.2, 0.25) is 10.0 Å². The van der Waals surface area contributed by atoms with Crippen molar-refractivity contribution >= 4 is 21.1 Å². The van der Waals surface area contributed by atoms with Crippen molar-refractivity contribution in [3.63, 3.8) is 0 Å². The molecule has 4 N–H and O–H groups in total. The summed E-state index contributed by atoms with van der Waals surface area (Å²) in [6.45, 7) is 1.46. The maximum atomic E-state index is 12.2. The van der Waals surface area contributed by atoms with Gasteiger partial charge in [-0.05, 0) is 31.2 Å². The van der Waals surface area contributed by atoms with Crippen LogP contribution in [0.1, 0.15) is 6.42 Å². The molecule has 0 amide bonds. The summed E-state index contributed by atoms with van der Waals surface area (Å²) in [4.78, 5) is 16.4. The van der Waals surface area contributed by atoms with Gasteiger partial charge in [0, 0.05) is 12.6 Å². The van der Waals surface area contributed by atoms with Crippen LogP contribution in [0.2, 0.25) is 0 Å². The second-order valence-electron chi connectivity index (χ2n) is 4.60. The number of aromatic amines is 2. The molecule has 7 nitrogen and oxygen atoms in total. The van der Waals surface area contributed by atoms with Crippen molar-refractivity contribution in [3.05, 3.63) is 28.7 Å². The van der Waals surface area contributed by atoms with Gasteiger partial charge in [-0.1, -0.05) is 0 Å². The molecule has 8 heteroatoms. The number of nitrogens with one attached hydrogen (secondary N) is 4. The number of rotatable bonds is 3. The highest BCUT2D eigenvalue weighted by Crippen LogP contribution is 2.16. The lowest BCUT2D eigenvalue weighted by Crippen LogP contribution is -2.36. The van der Waals surface area contributed by atoms with E-state index in [-0.39, 0.29) is 16.6 Å².